The fourth-order valence-corrected chi connectivity index (χ4v) is 2.89. The van der Waals surface area contributed by atoms with Gasteiger partial charge in [0.2, 0.25) is 5.91 Å². The van der Waals surface area contributed by atoms with Crippen LogP contribution in [0.4, 0.5) is 4.39 Å². The second-order valence-corrected chi connectivity index (χ2v) is 6.64. The van der Waals surface area contributed by atoms with Crippen molar-refractivity contribution < 1.29 is 13.9 Å². The number of nitrogens with one attached hydrogen (secondary N) is 1. The van der Waals surface area contributed by atoms with Gasteiger partial charge in [0.05, 0.1) is 24.2 Å². The maximum atomic E-state index is 13.3. The van der Waals surface area contributed by atoms with Crippen LogP contribution in [0.3, 0.4) is 0 Å². The Morgan fingerprint density at radius 3 is 2.64 bits per heavy atom. The third-order valence-corrected chi connectivity index (χ3v) is 4.25. The zero-order chi connectivity index (χ0) is 20.3. The van der Waals surface area contributed by atoms with E-state index in [1.54, 1.807) is 18.3 Å². The van der Waals surface area contributed by atoms with E-state index in [9.17, 15) is 14.0 Å². The number of carbonyl (C=O) groups is 1. The molecular weight excluding hydrogens is 365 g/mol. The maximum absolute atomic E-state index is 13.3. The van der Waals surface area contributed by atoms with Crippen molar-refractivity contribution in [1.29, 1.82) is 0 Å². The standard InChI is InChI=1S/C19H22FN5O3/c1-12(2)17-15-10-22-25(14-6-4-13(20)5-7-14)18(15)19(27)24(23-17)11-16(26)21-8-9-28-3/h4-7,10,12H,8-9,11H2,1-3H3,(H,21,26). The van der Waals surface area contributed by atoms with E-state index in [0.29, 0.717) is 35.4 Å². The van der Waals surface area contributed by atoms with E-state index < -0.39 is 5.56 Å². The lowest BCUT2D eigenvalue weighted by Gasteiger charge is -2.12. The zero-order valence-electron chi connectivity index (χ0n) is 16.0. The van der Waals surface area contributed by atoms with E-state index in [0.717, 1.165) is 4.68 Å². The van der Waals surface area contributed by atoms with Crippen LogP contribution in [-0.4, -0.2) is 45.7 Å². The molecule has 0 fully saturated rings. The molecule has 0 saturated carbocycles. The lowest BCUT2D eigenvalue weighted by molar-refractivity contribution is -0.122. The highest BCUT2D eigenvalue weighted by atomic mass is 19.1. The molecule has 0 bridgehead atoms. The van der Waals surface area contributed by atoms with Gasteiger partial charge in [-0.3, -0.25) is 9.59 Å². The number of halogens is 1. The Balaban J connectivity index is 2.09. The average molecular weight is 387 g/mol. The Labute approximate surface area is 160 Å². The number of fused-ring (bicyclic) bond motifs is 1. The van der Waals surface area contributed by atoms with Crippen LogP contribution >= 0.6 is 0 Å². The van der Waals surface area contributed by atoms with E-state index >= 15 is 0 Å². The number of aromatic nitrogens is 4. The summed E-state index contributed by atoms with van der Waals surface area (Å²) in [7, 11) is 1.54. The van der Waals surface area contributed by atoms with Crippen LogP contribution < -0.4 is 10.9 Å². The summed E-state index contributed by atoms with van der Waals surface area (Å²) in [5, 5.41) is 12.0. The number of hydrogen-bond acceptors (Lipinski definition) is 5. The Morgan fingerprint density at radius 1 is 1.29 bits per heavy atom. The van der Waals surface area contributed by atoms with Gasteiger partial charge in [-0.2, -0.15) is 10.2 Å². The summed E-state index contributed by atoms with van der Waals surface area (Å²) in [6.07, 6.45) is 1.57. The van der Waals surface area contributed by atoms with Crippen molar-refractivity contribution in [3.05, 3.63) is 52.3 Å². The lowest BCUT2D eigenvalue weighted by atomic mass is 10.1. The predicted octanol–water partition coefficient (Wildman–Crippen LogP) is 1.61. The quantitative estimate of drug-likeness (QED) is 0.622. The summed E-state index contributed by atoms with van der Waals surface area (Å²) >= 11 is 0. The third-order valence-electron chi connectivity index (χ3n) is 4.25. The molecular formula is C19H22FN5O3. The molecule has 0 spiro atoms. The van der Waals surface area contributed by atoms with Crippen molar-refractivity contribution in [3.8, 4) is 5.69 Å². The summed E-state index contributed by atoms with van der Waals surface area (Å²) < 4.78 is 20.8. The molecule has 0 aliphatic heterocycles. The number of benzene rings is 1. The smallest absolute Gasteiger partial charge is 0.293 e. The zero-order valence-corrected chi connectivity index (χ0v) is 16.0. The molecule has 148 valence electrons. The Bertz CT molecular complexity index is 1040. The van der Waals surface area contributed by atoms with E-state index in [-0.39, 0.29) is 24.2 Å². The molecule has 2 heterocycles. The van der Waals surface area contributed by atoms with Gasteiger partial charge in [-0.05, 0) is 30.2 Å². The predicted molar refractivity (Wildman–Crippen MR) is 102 cm³/mol. The van der Waals surface area contributed by atoms with Crippen molar-refractivity contribution in [3.63, 3.8) is 0 Å². The van der Waals surface area contributed by atoms with Crippen molar-refractivity contribution in [2.75, 3.05) is 20.3 Å². The second kappa shape index (κ2) is 8.30. The van der Waals surface area contributed by atoms with E-state index in [1.807, 2.05) is 13.8 Å². The molecule has 8 nitrogen and oxygen atoms in total. The highest BCUT2D eigenvalue weighted by Crippen LogP contribution is 2.23. The minimum Gasteiger partial charge on any atom is -0.383 e. The van der Waals surface area contributed by atoms with Crippen LogP contribution in [-0.2, 0) is 16.1 Å². The fourth-order valence-electron chi connectivity index (χ4n) is 2.89. The van der Waals surface area contributed by atoms with Crippen molar-refractivity contribution in [1.82, 2.24) is 24.9 Å². The van der Waals surface area contributed by atoms with E-state index in [2.05, 4.69) is 15.5 Å². The van der Waals surface area contributed by atoms with E-state index in [4.69, 9.17) is 4.74 Å². The molecule has 1 amide bonds. The summed E-state index contributed by atoms with van der Waals surface area (Å²) in [4.78, 5) is 25.2. The molecule has 1 aromatic carbocycles. The summed E-state index contributed by atoms with van der Waals surface area (Å²) in [6, 6.07) is 5.68. The first-order valence-electron chi connectivity index (χ1n) is 8.92. The highest BCUT2D eigenvalue weighted by Gasteiger charge is 2.19. The highest BCUT2D eigenvalue weighted by molar-refractivity contribution is 5.82. The number of carbonyl (C=O) groups excluding carboxylic acids is 1. The molecule has 0 saturated heterocycles. The first-order chi connectivity index (χ1) is 13.4. The van der Waals surface area contributed by atoms with Crippen LogP contribution in [0.2, 0.25) is 0 Å². The molecule has 0 unspecified atom stereocenters. The van der Waals surface area contributed by atoms with Crippen LogP contribution in [0.5, 0.6) is 0 Å². The monoisotopic (exact) mass is 387 g/mol. The van der Waals surface area contributed by atoms with Crippen LogP contribution in [0.1, 0.15) is 25.5 Å². The van der Waals surface area contributed by atoms with Gasteiger partial charge in [-0.25, -0.2) is 13.8 Å². The summed E-state index contributed by atoms with van der Waals surface area (Å²) in [5.74, 6) is -0.708. The molecule has 0 radical (unpaired) electrons. The summed E-state index contributed by atoms with van der Waals surface area (Å²) in [5.41, 5.74) is 1.07. The minimum absolute atomic E-state index is 0.0109. The first kappa shape index (κ1) is 19.7. The average Bonchev–Trinajstić information content (AvgIpc) is 3.10. The fraction of sp³-hybridized carbons (Fsp3) is 0.368. The normalized spacial score (nSPS) is 11.3. The largest absolute Gasteiger partial charge is 0.383 e. The number of methoxy groups -OCH3 is 1. The van der Waals surface area contributed by atoms with Crippen LogP contribution in [0.15, 0.2) is 35.3 Å². The molecule has 2 aromatic heterocycles. The molecule has 1 N–H and O–H groups in total. The molecule has 28 heavy (non-hydrogen) atoms. The van der Waals surface area contributed by atoms with Gasteiger partial charge in [0.15, 0.2) is 0 Å². The number of rotatable bonds is 7. The Hall–Kier alpha value is -3.07. The Morgan fingerprint density at radius 2 is 2.00 bits per heavy atom. The number of hydrogen-bond donors (Lipinski definition) is 1. The molecule has 0 aliphatic rings. The van der Waals surface area contributed by atoms with Crippen LogP contribution in [0, 0.1) is 5.82 Å². The second-order valence-electron chi connectivity index (χ2n) is 6.64. The SMILES string of the molecule is COCCNC(=O)Cn1nc(C(C)C)c2cnn(-c3ccc(F)cc3)c2c1=O. The van der Waals surface area contributed by atoms with Crippen molar-refractivity contribution in [2.24, 2.45) is 0 Å². The van der Waals surface area contributed by atoms with Gasteiger partial charge in [0, 0.05) is 19.0 Å². The van der Waals surface area contributed by atoms with Crippen molar-refractivity contribution in [2.45, 2.75) is 26.3 Å². The first-order valence-corrected chi connectivity index (χ1v) is 8.92. The lowest BCUT2D eigenvalue weighted by Crippen LogP contribution is -2.36. The third kappa shape index (κ3) is 3.94. The minimum atomic E-state index is -0.442. The van der Waals surface area contributed by atoms with Gasteiger partial charge < -0.3 is 10.1 Å². The van der Waals surface area contributed by atoms with Gasteiger partial charge in [-0.15, -0.1) is 0 Å². The topological polar surface area (TPSA) is 91.0 Å². The number of nitrogens with zero attached hydrogens (tertiary/aromatic N) is 4. The van der Waals surface area contributed by atoms with Gasteiger partial charge in [0.1, 0.15) is 17.9 Å². The van der Waals surface area contributed by atoms with E-state index in [1.165, 1.54) is 23.9 Å². The van der Waals surface area contributed by atoms with Gasteiger partial charge in [-0.1, -0.05) is 13.8 Å². The Kier molecular flexibility index (Phi) is 5.84. The molecule has 3 rings (SSSR count). The molecule has 9 heteroatoms. The molecule has 0 aliphatic carbocycles. The maximum Gasteiger partial charge on any atom is 0.293 e. The van der Waals surface area contributed by atoms with Gasteiger partial charge in [0.25, 0.3) is 5.56 Å². The van der Waals surface area contributed by atoms with Gasteiger partial charge >= 0.3 is 0 Å². The number of amides is 1. The van der Waals surface area contributed by atoms with Crippen LogP contribution in [0.25, 0.3) is 16.6 Å². The van der Waals surface area contributed by atoms with Crippen molar-refractivity contribution >= 4 is 16.8 Å². The summed E-state index contributed by atoms with van der Waals surface area (Å²) in [6.45, 7) is 4.40. The number of ether oxygens (including phenoxy) is 1. The molecule has 3 aromatic rings. The molecule has 0 atom stereocenters.